The zero-order valence-corrected chi connectivity index (χ0v) is 18.1. The number of carbonyl (C=O) groups is 2. The van der Waals surface area contributed by atoms with Crippen LogP contribution < -0.4 is 10.3 Å². The minimum Gasteiger partial charge on any atom is -0.497 e. The molecule has 1 saturated heterocycles. The van der Waals surface area contributed by atoms with E-state index in [4.69, 9.17) is 9.47 Å². The number of hydrogen-bond donors (Lipinski definition) is 0. The summed E-state index contributed by atoms with van der Waals surface area (Å²) in [6.07, 6.45) is 2.53. The fraction of sp³-hybridized carbons (Fsp3) is 0.409. The molecule has 1 fully saturated rings. The minimum absolute atomic E-state index is 0.164. The van der Waals surface area contributed by atoms with E-state index >= 15 is 0 Å². The third kappa shape index (κ3) is 4.34. The van der Waals surface area contributed by atoms with Gasteiger partial charge >= 0.3 is 5.97 Å². The average Bonchev–Trinajstić information content (AvgIpc) is 3.26. The van der Waals surface area contributed by atoms with Crippen LogP contribution in [0, 0.1) is 5.92 Å². The molecule has 1 aliphatic rings. The van der Waals surface area contributed by atoms with E-state index < -0.39 is 5.56 Å². The highest BCUT2D eigenvalue weighted by molar-refractivity contribution is 5.77. The molecule has 0 spiro atoms. The lowest BCUT2D eigenvalue weighted by Crippen LogP contribution is -2.43. The van der Waals surface area contributed by atoms with Crippen LogP contribution in [-0.4, -0.2) is 63.0 Å². The van der Waals surface area contributed by atoms with Gasteiger partial charge in [0, 0.05) is 18.7 Å². The van der Waals surface area contributed by atoms with Crippen LogP contribution in [0.2, 0.25) is 0 Å². The van der Waals surface area contributed by atoms with E-state index in [1.54, 1.807) is 25.0 Å². The maximum absolute atomic E-state index is 12.9. The molecule has 0 bridgehead atoms. The summed E-state index contributed by atoms with van der Waals surface area (Å²) in [5, 5.41) is 8.52. The van der Waals surface area contributed by atoms with Crippen LogP contribution in [0.25, 0.3) is 16.8 Å². The summed E-state index contributed by atoms with van der Waals surface area (Å²) in [5.41, 5.74) is 1.40. The number of methoxy groups -OCH3 is 1. The Labute approximate surface area is 184 Å². The Kier molecular flexibility index (Phi) is 6.20. The van der Waals surface area contributed by atoms with Crippen LogP contribution in [0.5, 0.6) is 5.75 Å². The van der Waals surface area contributed by atoms with Crippen molar-refractivity contribution in [3.63, 3.8) is 0 Å². The second-order valence-electron chi connectivity index (χ2n) is 7.59. The highest BCUT2D eigenvalue weighted by atomic mass is 16.5. The lowest BCUT2D eigenvalue weighted by molar-refractivity contribution is -0.151. The highest BCUT2D eigenvalue weighted by Crippen LogP contribution is 2.22. The van der Waals surface area contributed by atoms with Gasteiger partial charge in [-0.3, -0.25) is 14.4 Å². The fourth-order valence-electron chi connectivity index (χ4n) is 3.81. The Morgan fingerprint density at radius 3 is 2.53 bits per heavy atom. The molecule has 10 heteroatoms. The molecule has 1 aromatic carbocycles. The lowest BCUT2D eigenvalue weighted by atomic mass is 9.97. The average molecular weight is 439 g/mol. The summed E-state index contributed by atoms with van der Waals surface area (Å²) in [6.45, 7) is 2.87. The Balaban J connectivity index is 1.46. The van der Waals surface area contributed by atoms with E-state index in [0.717, 1.165) is 16.0 Å². The van der Waals surface area contributed by atoms with E-state index in [0.29, 0.717) is 43.7 Å². The summed E-state index contributed by atoms with van der Waals surface area (Å²) >= 11 is 0. The third-order valence-electron chi connectivity index (χ3n) is 5.63. The zero-order valence-electron chi connectivity index (χ0n) is 18.1. The summed E-state index contributed by atoms with van der Waals surface area (Å²) in [5.74, 6) is 0.128. The van der Waals surface area contributed by atoms with Gasteiger partial charge in [-0.1, -0.05) is 0 Å². The molecule has 1 amide bonds. The summed E-state index contributed by atoms with van der Waals surface area (Å²) in [7, 11) is 1.60. The largest absolute Gasteiger partial charge is 0.497 e. The molecule has 0 unspecified atom stereocenters. The molecular weight excluding hydrogens is 414 g/mol. The molecule has 4 rings (SSSR count). The molecule has 0 N–H and O–H groups in total. The number of ether oxygens (including phenoxy) is 2. The maximum atomic E-state index is 12.9. The summed E-state index contributed by atoms with van der Waals surface area (Å²) in [6, 6.07) is 9.03. The molecule has 32 heavy (non-hydrogen) atoms. The topological polar surface area (TPSA) is 108 Å². The number of nitrogens with zero attached hydrogens (tertiary/aromatic N) is 5. The summed E-state index contributed by atoms with van der Waals surface area (Å²) < 4.78 is 12.8. The van der Waals surface area contributed by atoms with Gasteiger partial charge in [0.1, 0.15) is 24.1 Å². The number of piperidine rings is 1. The van der Waals surface area contributed by atoms with E-state index in [2.05, 4.69) is 10.2 Å². The van der Waals surface area contributed by atoms with Gasteiger partial charge in [-0.05, 0) is 50.1 Å². The van der Waals surface area contributed by atoms with E-state index in [9.17, 15) is 14.4 Å². The molecule has 2 aromatic heterocycles. The Hall–Kier alpha value is -3.69. The van der Waals surface area contributed by atoms with Crippen LogP contribution in [0.4, 0.5) is 0 Å². The molecule has 0 saturated carbocycles. The predicted octanol–water partition coefficient (Wildman–Crippen LogP) is 1.37. The van der Waals surface area contributed by atoms with E-state index in [1.165, 1.54) is 10.8 Å². The van der Waals surface area contributed by atoms with Crippen LogP contribution in [0.15, 0.2) is 41.5 Å². The molecule has 168 valence electrons. The molecular formula is C22H25N5O5. The summed E-state index contributed by atoms with van der Waals surface area (Å²) in [4.78, 5) is 39.1. The van der Waals surface area contributed by atoms with Crippen molar-refractivity contribution in [2.45, 2.75) is 26.3 Å². The number of benzene rings is 1. The first-order valence-corrected chi connectivity index (χ1v) is 10.5. The first-order chi connectivity index (χ1) is 15.5. The van der Waals surface area contributed by atoms with Crippen LogP contribution in [-0.2, 0) is 20.9 Å². The van der Waals surface area contributed by atoms with Crippen molar-refractivity contribution >= 4 is 17.4 Å². The monoisotopic (exact) mass is 439 g/mol. The Bertz CT molecular complexity index is 1180. The number of esters is 1. The van der Waals surface area contributed by atoms with E-state index in [-0.39, 0.29) is 24.3 Å². The molecule has 0 radical (unpaired) electrons. The smallest absolute Gasteiger partial charge is 0.309 e. The van der Waals surface area contributed by atoms with Gasteiger partial charge in [0.15, 0.2) is 0 Å². The number of rotatable bonds is 6. The van der Waals surface area contributed by atoms with Crippen molar-refractivity contribution in [3.05, 3.63) is 47.0 Å². The zero-order chi connectivity index (χ0) is 22.7. The maximum Gasteiger partial charge on any atom is 0.309 e. The van der Waals surface area contributed by atoms with Crippen molar-refractivity contribution in [1.29, 1.82) is 0 Å². The van der Waals surface area contributed by atoms with Crippen molar-refractivity contribution in [3.8, 4) is 17.0 Å². The Morgan fingerprint density at radius 2 is 1.88 bits per heavy atom. The number of aromatic nitrogens is 4. The van der Waals surface area contributed by atoms with Crippen LogP contribution >= 0.6 is 0 Å². The van der Waals surface area contributed by atoms with E-state index in [1.807, 2.05) is 24.3 Å². The van der Waals surface area contributed by atoms with Crippen LogP contribution in [0.1, 0.15) is 19.8 Å². The van der Waals surface area contributed by atoms with Gasteiger partial charge in [-0.2, -0.15) is 10.2 Å². The molecule has 0 aliphatic carbocycles. The normalized spacial score (nSPS) is 14.5. The predicted molar refractivity (Wildman–Crippen MR) is 115 cm³/mol. The van der Waals surface area contributed by atoms with Crippen LogP contribution in [0.3, 0.4) is 0 Å². The van der Waals surface area contributed by atoms with Gasteiger partial charge in [0.05, 0.1) is 25.3 Å². The minimum atomic E-state index is -0.394. The van der Waals surface area contributed by atoms with Crippen molar-refractivity contribution in [2.75, 3.05) is 26.8 Å². The first-order valence-electron chi connectivity index (χ1n) is 10.5. The molecule has 10 nitrogen and oxygen atoms in total. The fourth-order valence-corrected chi connectivity index (χ4v) is 3.81. The Morgan fingerprint density at radius 1 is 1.16 bits per heavy atom. The lowest BCUT2D eigenvalue weighted by Gasteiger charge is -2.30. The van der Waals surface area contributed by atoms with Gasteiger partial charge in [0.25, 0.3) is 5.56 Å². The highest BCUT2D eigenvalue weighted by Gasteiger charge is 2.28. The number of amides is 1. The quantitative estimate of drug-likeness (QED) is 0.534. The second-order valence-corrected chi connectivity index (χ2v) is 7.59. The van der Waals surface area contributed by atoms with Gasteiger partial charge in [-0.15, -0.1) is 0 Å². The first kappa shape index (κ1) is 21.5. The molecule has 1 aliphatic heterocycles. The second kappa shape index (κ2) is 9.21. The standard InChI is InChI=1S/C22H25N5O5/c1-3-32-22(30)16-8-10-25(11-9-16)20(28)13-26-21(29)19-12-18(24-27(19)14-23-26)15-4-6-17(31-2)7-5-15/h4-7,12,14,16H,3,8-11,13H2,1-2H3. The SMILES string of the molecule is CCOC(=O)C1CCN(C(=O)Cn2ncn3nc(-c4ccc(OC)cc4)cc3c2=O)CC1. The third-order valence-corrected chi connectivity index (χ3v) is 5.63. The van der Waals surface area contributed by atoms with Gasteiger partial charge in [0.2, 0.25) is 5.91 Å². The number of hydrogen-bond acceptors (Lipinski definition) is 7. The van der Waals surface area contributed by atoms with Crippen molar-refractivity contribution < 1.29 is 19.1 Å². The van der Waals surface area contributed by atoms with Crippen molar-refractivity contribution in [2.24, 2.45) is 5.92 Å². The molecule has 3 aromatic rings. The number of fused-ring (bicyclic) bond motifs is 1. The number of likely N-dealkylation sites (tertiary alicyclic amines) is 1. The molecule has 3 heterocycles. The number of carbonyl (C=O) groups excluding carboxylic acids is 2. The van der Waals surface area contributed by atoms with Gasteiger partial charge < -0.3 is 14.4 Å². The molecule has 0 atom stereocenters. The van der Waals surface area contributed by atoms with Gasteiger partial charge in [-0.25, -0.2) is 9.20 Å². The van der Waals surface area contributed by atoms with Crippen molar-refractivity contribution in [1.82, 2.24) is 24.3 Å².